The molecule has 2 aromatic carbocycles. The molecule has 5 heteroatoms. The van der Waals surface area contributed by atoms with Crippen LogP contribution in [-0.2, 0) is 11.3 Å². The number of hydrogen-bond acceptors (Lipinski definition) is 3. The molecule has 3 rings (SSSR count). The number of hydrogen-bond donors (Lipinski definition) is 1. The van der Waals surface area contributed by atoms with E-state index in [1.165, 1.54) is 0 Å². The third kappa shape index (κ3) is 4.10. The molecule has 0 unspecified atom stereocenters. The smallest absolute Gasteiger partial charge is 0.258 e. The van der Waals surface area contributed by atoms with Crippen LogP contribution in [-0.4, -0.2) is 28.1 Å². The van der Waals surface area contributed by atoms with Crippen LogP contribution >= 0.6 is 0 Å². The predicted octanol–water partition coefficient (Wildman–Crippen LogP) is 2.62. The molecule has 5 nitrogen and oxygen atoms in total. The molecule has 0 fully saturated rings. The van der Waals surface area contributed by atoms with E-state index in [2.05, 4.69) is 10.3 Å². The molecule has 0 aliphatic heterocycles. The minimum Gasteiger partial charge on any atom is -0.484 e. The van der Waals surface area contributed by atoms with Crippen molar-refractivity contribution in [1.29, 1.82) is 0 Å². The fourth-order valence-corrected chi connectivity index (χ4v) is 2.48. The van der Waals surface area contributed by atoms with E-state index < -0.39 is 0 Å². The van der Waals surface area contributed by atoms with Crippen LogP contribution in [0.4, 0.5) is 0 Å². The molecular weight excluding hydrogens is 290 g/mol. The zero-order valence-corrected chi connectivity index (χ0v) is 13.0. The number of aromatic nitrogens is 2. The maximum atomic E-state index is 12.0. The van der Waals surface area contributed by atoms with Crippen molar-refractivity contribution in [1.82, 2.24) is 14.9 Å². The van der Waals surface area contributed by atoms with Gasteiger partial charge in [0.2, 0.25) is 0 Å². The van der Waals surface area contributed by atoms with Crippen molar-refractivity contribution in [3.63, 3.8) is 0 Å². The molecule has 0 saturated heterocycles. The van der Waals surface area contributed by atoms with Crippen molar-refractivity contribution in [3.05, 3.63) is 61.2 Å². The van der Waals surface area contributed by atoms with Gasteiger partial charge in [-0.3, -0.25) is 4.79 Å². The van der Waals surface area contributed by atoms with E-state index in [0.29, 0.717) is 12.3 Å². The Kier molecular flexibility index (Phi) is 4.57. The highest BCUT2D eigenvalue weighted by atomic mass is 16.5. The minimum absolute atomic E-state index is 0.00656. The lowest BCUT2D eigenvalue weighted by Crippen LogP contribution is -2.38. The fraction of sp³-hybridized carbons (Fsp3) is 0.222. The van der Waals surface area contributed by atoms with Crippen LogP contribution in [0.15, 0.2) is 61.2 Å². The van der Waals surface area contributed by atoms with E-state index in [9.17, 15) is 4.79 Å². The van der Waals surface area contributed by atoms with Gasteiger partial charge in [0.05, 0.1) is 6.33 Å². The van der Waals surface area contributed by atoms with Gasteiger partial charge in [0.15, 0.2) is 6.61 Å². The van der Waals surface area contributed by atoms with Crippen LogP contribution in [0.1, 0.15) is 6.92 Å². The van der Waals surface area contributed by atoms with Gasteiger partial charge < -0.3 is 14.6 Å². The molecule has 1 amide bonds. The summed E-state index contributed by atoms with van der Waals surface area (Å²) in [5, 5.41) is 5.16. The fourth-order valence-electron chi connectivity index (χ4n) is 2.48. The number of rotatable bonds is 6. The number of nitrogens with one attached hydrogen (secondary N) is 1. The molecule has 0 saturated carbocycles. The number of nitrogens with zero attached hydrogens (tertiary/aromatic N) is 2. The summed E-state index contributed by atoms with van der Waals surface area (Å²) in [6, 6.07) is 13.9. The largest absolute Gasteiger partial charge is 0.484 e. The Bertz CT molecular complexity index is 784. The van der Waals surface area contributed by atoms with Gasteiger partial charge in [-0.05, 0) is 29.8 Å². The summed E-state index contributed by atoms with van der Waals surface area (Å²) in [4.78, 5) is 15.9. The number of amides is 1. The Morgan fingerprint density at radius 1 is 1.26 bits per heavy atom. The Labute approximate surface area is 134 Å². The molecule has 1 aromatic heterocycles. The topological polar surface area (TPSA) is 56.2 Å². The zero-order chi connectivity index (χ0) is 16.1. The van der Waals surface area contributed by atoms with Gasteiger partial charge in [-0.25, -0.2) is 4.98 Å². The lowest BCUT2D eigenvalue weighted by atomic mass is 10.1. The highest BCUT2D eigenvalue weighted by molar-refractivity contribution is 5.84. The molecular formula is C18H19N3O2. The Morgan fingerprint density at radius 3 is 2.87 bits per heavy atom. The van der Waals surface area contributed by atoms with Crippen molar-refractivity contribution in [2.75, 3.05) is 6.61 Å². The quantitative estimate of drug-likeness (QED) is 0.761. The van der Waals surface area contributed by atoms with Crippen LogP contribution in [0.3, 0.4) is 0 Å². The maximum Gasteiger partial charge on any atom is 0.258 e. The summed E-state index contributed by atoms with van der Waals surface area (Å²) in [6.07, 6.45) is 5.32. The van der Waals surface area contributed by atoms with Gasteiger partial charge in [-0.1, -0.05) is 30.3 Å². The highest BCUT2D eigenvalue weighted by Crippen LogP contribution is 2.20. The van der Waals surface area contributed by atoms with Gasteiger partial charge in [-0.2, -0.15) is 0 Å². The van der Waals surface area contributed by atoms with Gasteiger partial charge in [0.25, 0.3) is 5.91 Å². The lowest BCUT2D eigenvalue weighted by molar-refractivity contribution is -0.123. The first-order chi connectivity index (χ1) is 11.2. The zero-order valence-electron chi connectivity index (χ0n) is 13.0. The van der Waals surface area contributed by atoms with Gasteiger partial charge >= 0.3 is 0 Å². The molecule has 118 valence electrons. The molecule has 0 radical (unpaired) electrons. The molecule has 1 atom stereocenters. The average Bonchev–Trinajstić information content (AvgIpc) is 3.05. The number of imidazole rings is 1. The second-order valence-corrected chi connectivity index (χ2v) is 5.53. The van der Waals surface area contributed by atoms with Crippen LogP contribution in [0, 0.1) is 0 Å². The number of carbonyl (C=O) groups is 1. The normalized spacial score (nSPS) is 12.0. The maximum absolute atomic E-state index is 12.0. The van der Waals surface area contributed by atoms with E-state index in [1.807, 2.05) is 60.2 Å². The molecule has 23 heavy (non-hydrogen) atoms. The Hall–Kier alpha value is -2.82. The van der Waals surface area contributed by atoms with Gasteiger partial charge in [-0.15, -0.1) is 0 Å². The van der Waals surface area contributed by atoms with Gasteiger partial charge in [0.1, 0.15) is 5.75 Å². The minimum atomic E-state index is -0.134. The summed E-state index contributed by atoms with van der Waals surface area (Å²) in [7, 11) is 0. The first-order valence-electron chi connectivity index (χ1n) is 7.57. The first kappa shape index (κ1) is 15.1. The first-order valence-corrected chi connectivity index (χ1v) is 7.57. The number of benzene rings is 2. The van der Waals surface area contributed by atoms with Gasteiger partial charge in [0, 0.05) is 25.0 Å². The summed E-state index contributed by atoms with van der Waals surface area (Å²) in [5.74, 6) is 0.562. The van der Waals surface area contributed by atoms with Crippen molar-refractivity contribution in [3.8, 4) is 5.75 Å². The molecule has 0 spiro atoms. The molecule has 0 bridgehead atoms. The molecule has 0 aliphatic rings. The molecule has 3 aromatic rings. The van der Waals surface area contributed by atoms with E-state index >= 15 is 0 Å². The number of ether oxygens (including phenoxy) is 1. The average molecular weight is 309 g/mol. The second kappa shape index (κ2) is 6.96. The third-order valence-electron chi connectivity index (χ3n) is 3.54. The summed E-state index contributed by atoms with van der Waals surface area (Å²) < 4.78 is 7.51. The van der Waals surface area contributed by atoms with E-state index in [1.54, 1.807) is 12.5 Å². The van der Waals surface area contributed by atoms with E-state index in [-0.39, 0.29) is 18.6 Å². The Morgan fingerprint density at radius 2 is 2.09 bits per heavy atom. The van der Waals surface area contributed by atoms with Crippen molar-refractivity contribution in [2.45, 2.75) is 19.5 Å². The van der Waals surface area contributed by atoms with Crippen molar-refractivity contribution >= 4 is 16.7 Å². The van der Waals surface area contributed by atoms with Crippen LogP contribution in [0.25, 0.3) is 10.8 Å². The number of fused-ring (bicyclic) bond motifs is 1. The lowest BCUT2D eigenvalue weighted by Gasteiger charge is -2.15. The van der Waals surface area contributed by atoms with E-state index in [4.69, 9.17) is 4.74 Å². The van der Waals surface area contributed by atoms with Crippen LogP contribution in [0.2, 0.25) is 0 Å². The Balaban J connectivity index is 1.51. The molecule has 1 heterocycles. The number of carbonyl (C=O) groups excluding carboxylic acids is 1. The van der Waals surface area contributed by atoms with Crippen LogP contribution in [0.5, 0.6) is 5.75 Å². The SMILES string of the molecule is C[C@@H](Cn1ccnc1)NC(=O)COc1ccc2ccccc2c1. The second-order valence-electron chi connectivity index (χ2n) is 5.53. The van der Waals surface area contributed by atoms with E-state index in [0.717, 1.165) is 10.8 Å². The van der Waals surface area contributed by atoms with Crippen LogP contribution < -0.4 is 10.1 Å². The highest BCUT2D eigenvalue weighted by Gasteiger charge is 2.08. The van der Waals surface area contributed by atoms with Crippen molar-refractivity contribution in [2.24, 2.45) is 0 Å². The van der Waals surface area contributed by atoms with Crippen molar-refractivity contribution < 1.29 is 9.53 Å². The summed E-state index contributed by atoms with van der Waals surface area (Å²) >= 11 is 0. The monoisotopic (exact) mass is 309 g/mol. The summed E-state index contributed by atoms with van der Waals surface area (Å²) in [6.45, 7) is 2.64. The molecule has 1 N–H and O–H groups in total. The molecule has 0 aliphatic carbocycles. The third-order valence-corrected chi connectivity index (χ3v) is 3.54. The summed E-state index contributed by atoms with van der Waals surface area (Å²) in [5.41, 5.74) is 0. The standard InChI is InChI=1S/C18H19N3O2/c1-14(11-21-9-8-19-13-21)20-18(22)12-23-17-7-6-15-4-2-3-5-16(15)10-17/h2-10,13-14H,11-12H2,1H3,(H,20,22)/t14-/m0/s1. The predicted molar refractivity (Wildman–Crippen MR) is 89.3 cm³/mol.